The third kappa shape index (κ3) is 2.20. The second-order valence-electron chi connectivity index (χ2n) is 4.68. The molecule has 0 N–H and O–H groups in total. The number of rotatable bonds is 3. The third-order valence-corrected chi connectivity index (χ3v) is 3.34. The Morgan fingerprint density at radius 2 is 1.95 bits per heavy atom. The summed E-state index contributed by atoms with van der Waals surface area (Å²) in [5.74, 6) is 0. The fraction of sp³-hybridized carbons (Fsp3) is 0.188. The van der Waals surface area contributed by atoms with Crippen LogP contribution in [0.5, 0.6) is 0 Å². The number of hydrogen-bond donors (Lipinski definition) is 0. The number of imidazole rings is 1. The van der Waals surface area contributed by atoms with Crippen molar-refractivity contribution in [3.8, 4) is 0 Å². The van der Waals surface area contributed by atoms with Crippen molar-refractivity contribution < 1.29 is 0 Å². The first kappa shape index (κ1) is 12.5. The first-order valence-corrected chi connectivity index (χ1v) is 6.67. The van der Waals surface area contributed by atoms with E-state index in [-0.39, 0.29) is 6.04 Å². The van der Waals surface area contributed by atoms with Crippen LogP contribution in [-0.2, 0) is 0 Å². The molecule has 4 nitrogen and oxygen atoms in total. The molecule has 0 aliphatic heterocycles. The van der Waals surface area contributed by atoms with Gasteiger partial charge in [0.15, 0.2) is 11.3 Å². The SMILES string of the molecule is C/C=C\c1cnc2ncn([C@@H](C)c3ccccc3)c2n1. The van der Waals surface area contributed by atoms with Gasteiger partial charge in [-0.3, -0.25) is 0 Å². The van der Waals surface area contributed by atoms with Gasteiger partial charge in [0.05, 0.1) is 24.3 Å². The van der Waals surface area contributed by atoms with Crippen LogP contribution in [-0.4, -0.2) is 19.5 Å². The van der Waals surface area contributed by atoms with E-state index in [4.69, 9.17) is 0 Å². The zero-order valence-electron chi connectivity index (χ0n) is 11.6. The van der Waals surface area contributed by atoms with Gasteiger partial charge in [-0.25, -0.2) is 15.0 Å². The van der Waals surface area contributed by atoms with Crippen LogP contribution in [0.15, 0.2) is 48.9 Å². The van der Waals surface area contributed by atoms with Gasteiger partial charge in [-0.05, 0) is 25.5 Å². The Morgan fingerprint density at radius 3 is 2.70 bits per heavy atom. The number of aromatic nitrogens is 4. The summed E-state index contributed by atoms with van der Waals surface area (Å²) in [4.78, 5) is 13.3. The molecule has 0 fully saturated rings. The Kier molecular flexibility index (Phi) is 3.29. The fourth-order valence-electron chi connectivity index (χ4n) is 2.25. The minimum Gasteiger partial charge on any atom is -0.307 e. The monoisotopic (exact) mass is 264 g/mol. The third-order valence-electron chi connectivity index (χ3n) is 3.34. The molecule has 0 amide bonds. The Balaban J connectivity index is 2.09. The van der Waals surface area contributed by atoms with Gasteiger partial charge in [-0.2, -0.15) is 0 Å². The van der Waals surface area contributed by atoms with Crippen LogP contribution in [0.2, 0.25) is 0 Å². The lowest BCUT2D eigenvalue weighted by atomic mass is 10.1. The highest BCUT2D eigenvalue weighted by molar-refractivity contribution is 5.67. The van der Waals surface area contributed by atoms with Crippen molar-refractivity contribution in [3.63, 3.8) is 0 Å². The molecule has 1 atom stereocenters. The lowest BCUT2D eigenvalue weighted by Crippen LogP contribution is -2.06. The average molecular weight is 264 g/mol. The molecule has 0 aliphatic carbocycles. The predicted molar refractivity (Wildman–Crippen MR) is 80.3 cm³/mol. The maximum atomic E-state index is 4.62. The number of fused-ring (bicyclic) bond motifs is 1. The molecule has 2 heterocycles. The quantitative estimate of drug-likeness (QED) is 0.727. The summed E-state index contributed by atoms with van der Waals surface area (Å²) in [5, 5.41) is 0. The van der Waals surface area contributed by atoms with Crippen LogP contribution >= 0.6 is 0 Å². The van der Waals surface area contributed by atoms with Gasteiger partial charge < -0.3 is 4.57 Å². The van der Waals surface area contributed by atoms with E-state index in [0.717, 1.165) is 11.3 Å². The van der Waals surface area contributed by atoms with Crippen molar-refractivity contribution >= 4 is 17.4 Å². The Labute approximate surface area is 117 Å². The molecule has 3 aromatic rings. The van der Waals surface area contributed by atoms with Crippen molar-refractivity contribution in [1.82, 2.24) is 19.5 Å². The van der Waals surface area contributed by atoms with E-state index in [1.165, 1.54) is 5.56 Å². The summed E-state index contributed by atoms with van der Waals surface area (Å²) < 4.78 is 2.06. The van der Waals surface area contributed by atoms with Crippen LogP contribution in [0.4, 0.5) is 0 Å². The number of allylic oxidation sites excluding steroid dienone is 1. The van der Waals surface area contributed by atoms with E-state index in [9.17, 15) is 0 Å². The highest BCUT2D eigenvalue weighted by Crippen LogP contribution is 2.21. The van der Waals surface area contributed by atoms with Crippen molar-refractivity contribution in [2.75, 3.05) is 0 Å². The van der Waals surface area contributed by atoms with E-state index in [0.29, 0.717) is 5.65 Å². The van der Waals surface area contributed by atoms with Crippen molar-refractivity contribution in [3.05, 3.63) is 60.2 Å². The summed E-state index contributed by atoms with van der Waals surface area (Å²) in [6, 6.07) is 10.5. The molecule has 0 bridgehead atoms. The maximum absolute atomic E-state index is 4.62. The number of benzene rings is 1. The molecule has 100 valence electrons. The molecule has 1 aromatic carbocycles. The first-order valence-electron chi connectivity index (χ1n) is 6.67. The van der Waals surface area contributed by atoms with Crippen molar-refractivity contribution in [1.29, 1.82) is 0 Å². The molecule has 0 saturated heterocycles. The number of hydrogen-bond acceptors (Lipinski definition) is 3. The standard InChI is InChI=1S/C16H16N4/c1-3-7-14-10-17-15-16(19-14)20(11-18-15)12(2)13-8-5-4-6-9-13/h3-12H,1-2H3/b7-3-/t12-/m0/s1. The van der Waals surface area contributed by atoms with Gasteiger partial charge in [0.1, 0.15) is 0 Å². The Bertz CT molecular complexity index is 744. The van der Waals surface area contributed by atoms with Crippen molar-refractivity contribution in [2.45, 2.75) is 19.9 Å². The van der Waals surface area contributed by atoms with Crippen LogP contribution < -0.4 is 0 Å². The molecule has 0 radical (unpaired) electrons. The molecule has 0 unspecified atom stereocenters. The lowest BCUT2D eigenvalue weighted by Gasteiger charge is -2.14. The Morgan fingerprint density at radius 1 is 1.15 bits per heavy atom. The van der Waals surface area contributed by atoms with Gasteiger partial charge in [-0.1, -0.05) is 36.4 Å². The van der Waals surface area contributed by atoms with Crippen LogP contribution in [0.25, 0.3) is 17.4 Å². The van der Waals surface area contributed by atoms with E-state index in [1.807, 2.05) is 43.6 Å². The first-order chi connectivity index (χ1) is 9.79. The van der Waals surface area contributed by atoms with E-state index >= 15 is 0 Å². The fourth-order valence-corrected chi connectivity index (χ4v) is 2.25. The Hall–Kier alpha value is -2.49. The smallest absolute Gasteiger partial charge is 0.197 e. The minimum atomic E-state index is 0.177. The highest BCUT2D eigenvalue weighted by atomic mass is 15.1. The molecular weight excluding hydrogens is 248 g/mol. The van der Waals surface area contributed by atoms with E-state index < -0.39 is 0 Å². The summed E-state index contributed by atoms with van der Waals surface area (Å²) in [5.41, 5.74) is 3.57. The maximum Gasteiger partial charge on any atom is 0.197 e. The average Bonchev–Trinajstić information content (AvgIpc) is 2.91. The zero-order chi connectivity index (χ0) is 13.9. The molecule has 3 rings (SSSR count). The molecule has 0 spiro atoms. The molecule has 0 saturated carbocycles. The van der Waals surface area contributed by atoms with Crippen LogP contribution in [0.3, 0.4) is 0 Å². The molecule has 20 heavy (non-hydrogen) atoms. The predicted octanol–water partition coefficient (Wildman–Crippen LogP) is 3.47. The summed E-state index contributed by atoms with van der Waals surface area (Å²) in [6.07, 6.45) is 7.45. The van der Waals surface area contributed by atoms with Gasteiger partial charge in [0.2, 0.25) is 0 Å². The van der Waals surface area contributed by atoms with E-state index in [2.05, 4.69) is 38.6 Å². The summed E-state index contributed by atoms with van der Waals surface area (Å²) in [6.45, 7) is 4.11. The van der Waals surface area contributed by atoms with E-state index in [1.54, 1.807) is 6.20 Å². The lowest BCUT2D eigenvalue weighted by molar-refractivity contribution is 0.652. The molecular formula is C16H16N4. The normalized spacial score (nSPS) is 13.1. The highest BCUT2D eigenvalue weighted by Gasteiger charge is 2.13. The minimum absolute atomic E-state index is 0.177. The summed E-state index contributed by atoms with van der Waals surface area (Å²) in [7, 11) is 0. The molecule has 2 aromatic heterocycles. The van der Waals surface area contributed by atoms with Crippen molar-refractivity contribution in [2.24, 2.45) is 0 Å². The van der Waals surface area contributed by atoms with Gasteiger partial charge >= 0.3 is 0 Å². The zero-order valence-corrected chi connectivity index (χ0v) is 11.6. The number of nitrogens with zero attached hydrogens (tertiary/aromatic N) is 4. The molecule has 4 heteroatoms. The second-order valence-corrected chi connectivity index (χ2v) is 4.68. The van der Waals surface area contributed by atoms with Gasteiger partial charge in [-0.15, -0.1) is 0 Å². The second kappa shape index (κ2) is 5.25. The van der Waals surface area contributed by atoms with Gasteiger partial charge in [0, 0.05) is 0 Å². The van der Waals surface area contributed by atoms with Crippen LogP contribution in [0.1, 0.15) is 31.1 Å². The topological polar surface area (TPSA) is 43.6 Å². The van der Waals surface area contributed by atoms with Gasteiger partial charge in [0.25, 0.3) is 0 Å². The summed E-state index contributed by atoms with van der Waals surface area (Å²) >= 11 is 0. The van der Waals surface area contributed by atoms with Crippen LogP contribution in [0, 0.1) is 0 Å². The molecule has 0 aliphatic rings. The largest absolute Gasteiger partial charge is 0.307 e.